The van der Waals surface area contributed by atoms with E-state index < -0.39 is 0 Å². The summed E-state index contributed by atoms with van der Waals surface area (Å²) in [7, 11) is 2.25. The van der Waals surface area contributed by atoms with E-state index >= 15 is 0 Å². The molecular weight excluding hydrogens is 346 g/mol. The molecule has 0 spiro atoms. The largest absolute Gasteiger partial charge is 0.353 e. The van der Waals surface area contributed by atoms with Gasteiger partial charge in [-0.3, -0.25) is 4.90 Å². The van der Waals surface area contributed by atoms with E-state index in [1.54, 1.807) is 0 Å². The third-order valence-electron chi connectivity index (χ3n) is 6.39. The Hall–Kier alpha value is -1.98. The third kappa shape index (κ3) is 4.53. The quantitative estimate of drug-likeness (QED) is 0.815. The molecule has 0 saturated carbocycles. The summed E-state index contributed by atoms with van der Waals surface area (Å²) in [5.74, 6) is 1.84. The van der Waals surface area contributed by atoms with Crippen molar-refractivity contribution in [3.8, 4) is 11.3 Å². The second-order valence-corrected chi connectivity index (χ2v) is 8.63. The number of hydrogen-bond acceptors (Lipinski definition) is 5. The van der Waals surface area contributed by atoms with Gasteiger partial charge in [-0.2, -0.15) is 0 Å². The maximum Gasteiger partial charge on any atom is 0.151 e. The van der Waals surface area contributed by atoms with Gasteiger partial charge in [-0.25, -0.2) is 0 Å². The number of benzene rings is 1. The number of rotatable bonds is 4. The number of aromatic nitrogens is 2. The predicted molar refractivity (Wildman–Crippen MR) is 116 cm³/mol. The Morgan fingerprint density at radius 2 is 1.75 bits per heavy atom. The van der Waals surface area contributed by atoms with E-state index in [-0.39, 0.29) is 0 Å². The van der Waals surface area contributed by atoms with Crippen LogP contribution in [0.5, 0.6) is 0 Å². The van der Waals surface area contributed by atoms with Crippen LogP contribution in [-0.4, -0.2) is 72.9 Å². The van der Waals surface area contributed by atoms with Crippen molar-refractivity contribution in [3.63, 3.8) is 0 Å². The Labute approximate surface area is 169 Å². The molecule has 2 aliphatic heterocycles. The van der Waals surface area contributed by atoms with Crippen molar-refractivity contribution in [2.24, 2.45) is 5.92 Å². The molecular formula is C23H33N5. The Morgan fingerprint density at radius 3 is 2.43 bits per heavy atom. The van der Waals surface area contributed by atoms with Crippen LogP contribution in [0.1, 0.15) is 24.0 Å². The lowest BCUT2D eigenvalue weighted by molar-refractivity contribution is 0.147. The minimum absolute atomic E-state index is 0.836. The van der Waals surface area contributed by atoms with Gasteiger partial charge in [0.15, 0.2) is 5.82 Å². The average Bonchev–Trinajstić information content (AvgIpc) is 2.71. The predicted octanol–water partition coefficient (Wildman–Crippen LogP) is 3.22. The van der Waals surface area contributed by atoms with Crippen molar-refractivity contribution >= 4 is 5.82 Å². The highest BCUT2D eigenvalue weighted by molar-refractivity contribution is 5.61. The molecule has 0 radical (unpaired) electrons. The summed E-state index contributed by atoms with van der Waals surface area (Å²) in [5, 5.41) is 9.04. The maximum atomic E-state index is 4.53. The Balaban J connectivity index is 1.32. The van der Waals surface area contributed by atoms with E-state index in [2.05, 4.69) is 76.1 Å². The molecule has 4 rings (SSSR count). The van der Waals surface area contributed by atoms with Crippen LogP contribution < -0.4 is 4.90 Å². The van der Waals surface area contributed by atoms with E-state index in [1.807, 2.05) is 0 Å². The molecule has 5 nitrogen and oxygen atoms in total. The summed E-state index contributed by atoms with van der Waals surface area (Å²) < 4.78 is 0. The van der Waals surface area contributed by atoms with Crippen molar-refractivity contribution in [2.45, 2.75) is 26.7 Å². The van der Waals surface area contributed by atoms with Crippen LogP contribution in [0.25, 0.3) is 11.3 Å². The van der Waals surface area contributed by atoms with Crippen molar-refractivity contribution in [2.75, 3.05) is 57.8 Å². The molecule has 0 N–H and O–H groups in total. The van der Waals surface area contributed by atoms with Gasteiger partial charge in [-0.05, 0) is 75.5 Å². The first kappa shape index (κ1) is 19.3. The first-order valence-electron chi connectivity index (χ1n) is 10.7. The summed E-state index contributed by atoms with van der Waals surface area (Å²) >= 11 is 0. The van der Waals surface area contributed by atoms with Crippen LogP contribution in [0.4, 0.5) is 5.82 Å². The number of hydrogen-bond donors (Lipinski definition) is 0. The smallest absolute Gasteiger partial charge is 0.151 e. The van der Waals surface area contributed by atoms with E-state index in [0.29, 0.717) is 0 Å². The van der Waals surface area contributed by atoms with E-state index in [1.165, 1.54) is 43.6 Å². The Morgan fingerprint density at radius 1 is 0.929 bits per heavy atom. The maximum absolute atomic E-state index is 4.53. The first-order chi connectivity index (χ1) is 13.6. The number of piperidine rings is 1. The molecule has 1 unspecified atom stereocenters. The zero-order valence-corrected chi connectivity index (χ0v) is 17.6. The van der Waals surface area contributed by atoms with Gasteiger partial charge in [0, 0.05) is 44.8 Å². The normalized spacial score (nSPS) is 21.8. The van der Waals surface area contributed by atoms with Crippen LogP contribution in [0, 0.1) is 19.8 Å². The summed E-state index contributed by atoms with van der Waals surface area (Å²) in [6.45, 7) is 12.4. The van der Waals surface area contributed by atoms with Crippen LogP contribution >= 0.6 is 0 Å². The SMILES string of the molecule is Cc1ccc(-c2ccc(N3CCN(CC4CCCN(C)C4)CC3)nn2)cc1C. The molecule has 28 heavy (non-hydrogen) atoms. The highest BCUT2D eigenvalue weighted by Gasteiger charge is 2.23. The second-order valence-electron chi connectivity index (χ2n) is 8.63. The number of likely N-dealkylation sites (tertiary alicyclic amines) is 1. The molecule has 0 bridgehead atoms. The van der Waals surface area contributed by atoms with Gasteiger partial charge < -0.3 is 9.80 Å². The van der Waals surface area contributed by atoms with Crippen molar-refractivity contribution in [3.05, 3.63) is 41.5 Å². The van der Waals surface area contributed by atoms with Crippen LogP contribution in [0.3, 0.4) is 0 Å². The molecule has 2 aromatic rings. The molecule has 1 atom stereocenters. The molecule has 0 amide bonds. The summed E-state index contributed by atoms with van der Waals surface area (Å²) in [6.07, 6.45) is 2.74. The lowest BCUT2D eigenvalue weighted by Gasteiger charge is -2.38. The Bertz CT molecular complexity index is 780. The molecule has 150 valence electrons. The zero-order chi connectivity index (χ0) is 19.5. The van der Waals surface area contributed by atoms with Crippen molar-refractivity contribution in [1.82, 2.24) is 20.0 Å². The fourth-order valence-electron chi connectivity index (χ4n) is 4.50. The highest BCUT2D eigenvalue weighted by atomic mass is 15.3. The molecule has 1 aromatic heterocycles. The molecule has 1 aromatic carbocycles. The van der Waals surface area contributed by atoms with Crippen LogP contribution in [0.15, 0.2) is 30.3 Å². The van der Waals surface area contributed by atoms with Crippen LogP contribution in [-0.2, 0) is 0 Å². The van der Waals surface area contributed by atoms with E-state index in [9.17, 15) is 0 Å². The molecule has 2 aliphatic rings. The number of anilines is 1. The fraction of sp³-hybridized carbons (Fsp3) is 0.565. The summed E-state index contributed by atoms with van der Waals surface area (Å²) in [4.78, 5) is 7.50. The van der Waals surface area contributed by atoms with E-state index in [0.717, 1.165) is 49.2 Å². The fourth-order valence-corrected chi connectivity index (χ4v) is 4.50. The van der Waals surface area contributed by atoms with Gasteiger partial charge >= 0.3 is 0 Å². The zero-order valence-electron chi connectivity index (χ0n) is 17.6. The molecule has 0 aliphatic carbocycles. The summed E-state index contributed by atoms with van der Waals surface area (Å²) in [6, 6.07) is 10.7. The van der Waals surface area contributed by atoms with Crippen LogP contribution in [0.2, 0.25) is 0 Å². The molecule has 2 fully saturated rings. The third-order valence-corrected chi connectivity index (χ3v) is 6.39. The van der Waals surface area contributed by atoms with Gasteiger partial charge in [0.25, 0.3) is 0 Å². The van der Waals surface area contributed by atoms with Gasteiger partial charge in [0.1, 0.15) is 0 Å². The number of piperazine rings is 1. The summed E-state index contributed by atoms with van der Waals surface area (Å²) in [5.41, 5.74) is 4.70. The molecule has 3 heterocycles. The Kier molecular flexibility index (Phi) is 5.93. The standard InChI is InChI=1S/C23H33N5/c1-18-6-7-21(15-19(18)2)22-8-9-23(25-24-22)28-13-11-27(12-14-28)17-20-5-4-10-26(3)16-20/h6-9,15,20H,4-5,10-14,16-17H2,1-3H3. The van der Waals surface area contributed by atoms with Gasteiger partial charge in [-0.1, -0.05) is 12.1 Å². The minimum Gasteiger partial charge on any atom is -0.353 e. The highest BCUT2D eigenvalue weighted by Crippen LogP contribution is 2.22. The number of nitrogens with zero attached hydrogens (tertiary/aromatic N) is 5. The monoisotopic (exact) mass is 379 g/mol. The van der Waals surface area contributed by atoms with Crippen molar-refractivity contribution in [1.29, 1.82) is 0 Å². The second kappa shape index (κ2) is 8.58. The lowest BCUT2D eigenvalue weighted by Crippen LogP contribution is -2.49. The molecule has 2 saturated heterocycles. The lowest BCUT2D eigenvalue weighted by atomic mass is 9.97. The van der Waals surface area contributed by atoms with Crippen molar-refractivity contribution < 1.29 is 0 Å². The number of aryl methyl sites for hydroxylation is 2. The van der Waals surface area contributed by atoms with Gasteiger partial charge in [0.2, 0.25) is 0 Å². The van der Waals surface area contributed by atoms with E-state index in [4.69, 9.17) is 0 Å². The molecule has 5 heteroatoms. The van der Waals surface area contributed by atoms with Gasteiger partial charge in [0.05, 0.1) is 5.69 Å². The first-order valence-corrected chi connectivity index (χ1v) is 10.7. The minimum atomic E-state index is 0.836. The van der Waals surface area contributed by atoms with Gasteiger partial charge in [-0.15, -0.1) is 10.2 Å². The average molecular weight is 380 g/mol. The topological polar surface area (TPSA) is 35.5 Å².